The van der Waals surface area contributed by atoms with Crippen molar-refractivity contribution in [1.82, 2.24) is 0 Å². The Balaban J connectivity index is 2.06. The van der Waals surface area contributed by atoms with Crippen molar-refractivity contribution < 1.29 is 9.53 Å². The van der Waals surface area contributed by atoms with Crippen molar-refractivity contribution in [3.63, 3.8) is 0 Å². The van der Waals surface area contributed by atoms with Crippen molar-refractivity contribution >= 4 is 14.0 Å². The van der Waals surface area contributed by atoms with Crippen LogP contribution in [0.1, 0.15) is 32.1 Å². The molecule has 1 spiro atoms. The normalized spacial score (nSPS) is 40.6. The second kappa shape index (κ2) is 3.47. The molecule has 0 aromatic rings. The standard InChI is InChI=1S/C14H22O2Si/c1-17(2,3)13-10-6-4-5-7-14(9-10)11(13)8-12(15)16-14/h8,10,13H,4-7,9H2,1-3H3/t10-,13-,14-/m0/s1. The molecule has 2 fully saturated rings. The van der Waals surface area contributed by atoms with Gasteiger partial charge in [0.1, 0.15) is 5.60 Å². The van der Waals surface area contributed by atoms with Crippen LogP contribution >= 0.6 is 0 Å². The summed E-state index contributed by atoms with van der Waals surface area (Å²) in [4.78, 5) is 11.7. The van der Waals surface area contributed by atoms with E-state index >= 15 is 0 Å². The molecule has 3 heteroatoms. The SMILES string of the molecule is C[Si](C)(C)[C@@H]1C2=CC(=O)O[C@]23CCCC[C@H]1C3. The van der Waals surface area contributed by atoms with E-state index in [0.717, 1.165) is 18.8 Å². The summed E-state index contributed by atoms with van der Waals surface area (Å²) < 4.78 is 5.74. The Labute approximate surface area is 104 Å². The smallest absolute Gasteiger partial charge is 0.331 e. The molecule has 17 heavy (non-hydrogen) atoms. The molecule has 0 saturated heterocycles. The first-order valence-electron chi connectivity index (χ1n) is 6.87. The van der Waals surface area contributed by atoms with Crippen LogP contribution in [0.3, 0.4) is 0 Å². The lowest BCUT2D eigenvalue weighted by Gasteiger charge is -2.33. The fourth-order valence-corrected chi connectivity index (χ4v) is 7.40. The zero-order chi connectivity index (χ0) is 12.3. The lowest BCUT2D eigenvalue weighted by Crippen LogP contribution is -2.34. The first-order valence-corrected chi connectivity index (χ1v) is 10.5. The van der Waals surface area contributed by atoms with Gasteiger partial charge in [0, 0.05) is 6.08 Å². The highest BCUT2D eigenvalue weighted by Crippen LogP contribution is 2.60. The molecule has 1 aliphatic heterocycles. The Morgan fingerprint density at radius 1 is 1.35 bits per heavy atom. The van der Waals surface area contributed by atoms with E-state index in [1.807, 2.05) is 6.08 Å². The van der Waals surface area contributed by atoms with E-state index in [-0.39, 0.29) is 11.6 Å². The highest BCUT2D eigenvalue weighted by molar-refractivity contribution is 6.78. The van der Waals surface area contributed by atoms with Gasteiger partial charge in [0.2, 0.25) is 0 Å². The maximum atomic E-state index is 11.7. The Morgan fingerprint density at radius 3 is 2.82 bits per heavy atom. The lowest BCUT2D eigenvalue weighted by molar-refractivity contribution is -0.146. The van der Waals surface area contributed by atoms with Gasteiger partial charge in [0.15, 0.2) is 0 Å². The summed E-state index contributed by atoms with van der Waals surface area (Å²) in [5.74, 6) is 0.701. The van der Waals surface area contributed by atoms with Crippen molar-refractivity contribution in [2.45, 2.75) is 62.9 Å². The highest BCUT2D eigenvalue weighted by Gasteiger charge is 2.58. The summed E-state index contributed by atoms with van der Waals surface area (Å²) in [5.41, 5.74) is 1.89. The minimum Gasteiger partial charge on any atom is -0.451 e. The fourth-order valence-electron chi connectivity index (χ4n) is 4.42. The topological polar surface area (TPSA) is 26.3 Å². The number of carbonyl (C=O) groups excluding carboxylic acids is 1. The number of fused-ring (bicyclic) bond motifs is 1. The van der Waals surface area contributed by atoms with Gasteiger partial charge in [-0.3, -0.25) is 0 Å². The molecule has 2 aliphatic carbocycles. The second-order valence-electron chi connectivity index (χ2n) is 7.07. The van der Waals surface area contributed by atoms with Gasteiger partial charge in [0.05, 0.1) is 8.07 Å². The molecule has 94 valence electrons. The van der Waals surface area contributed by atoms with Crippen LogP contribution in [0, 0.1) is 5.92 Å². The average molecular weight is 250 g/mol. The molecule has 3 aliphatic rings. The summed E-state index contributed by atoms with van der Waals surface area (Å²) >= 11 is 0. The van der Waals surface area contributed by atoms with Crippen LogP contribution in [0.25, 0.3) is 0 Å². The van der Waals surface area contributed by atoms with Crippen LogP contribution in [-0.2, 0) is 9.53 Å². The number of rotatable bonds is 1. The number of ether oxygens (including phenoxy) is 1. The van der Waals surface area contributed by atoms with Gasteiger partial charge in [0.25, 0.3) is 0 Å². The molecule has 2 saturated carbocycles. The Kier molecular flexibility index (Phi) is 2.35. The fraction of sp³-hybridized carbons (Fsp3) is 0.786. The molecule has 0 amide bonds. The van der Waals surface area contributed by atoms with Crippen molar-refractivity contribution in [1.29, 1.82) is 0 Å². The van der Waals surface area contributed by atoms with Crippen molar-refractivity contribution in [3.05, 3.63) is 11.6 Å². The van der Waals surface area contributed by atoms with E-state index in [0.29, 0.717) is 5.54 Å². The Hall–Kier alpha value is -0.573. The van der Waals surface area contributed by atoms with Crippen LogP contribution < -0.4 is 0 Å². The second-order valence-corrected chi connectivity index (χ2v) is 12.4. The summed E-state index contributed by atoms with van der Waals surface area (Å²) in [5, 5.41) is 0. The molecular weight excluding hydrogens is 228 g/mol. The van der Waals surface area contributed by atoms with Gasteiger partial charge < -0.3 is 4.74 Å². The van der Waals surface area contributed by atoms with E-state index in [1.54, 1.807) is 0 Å². The zero-order valence-electron chi connectivity index (χ0n) is 11.1. The van der Waals surface area contributed by atoms with Crippen molar-refractivity contribution in [2.75, 3.05) is 0 Å². The van der Waals surface area contributed by atoms with E-state index in [2.05, 4.69) is 19.6 Å². The monoisotopic (exact) mass is 250 g/mol. The predicted octanol–water partition coefficient (Wildman–Crippen LogP) is 3.51. The van der Waals surface area contributed by atoms with Crippen LogP contribution in [0.15, 0.2) is 11.6 Å². The summed E-state index contributed by atoms with van der Waals surface area (Å²) in [6, 6.07) is 0. The molecule has 3 atom stereocenters. The number of hydrogen-bond acceptors (Lipinski definition) is 2. The molecule has 0 aromatic heterocycles. The van der Waals surface area contributed by atoms with Gasteiger partial charge >= 0.3 is 5.97 Å². The molecule has 0 unspecified atom stereocenters. The molecule has 0 radical (unpaired) electrons. The summed E-state index contributed by atoms with van der Waals surface area (Å²) in [6.45, 7) is 7.31. The quantitative estimate of drug-likeness (QED) is 0.526. The maximum absolute atomic E-state index is 11.7. The van der Waals surface area contributed by atoms with Crippen LogP contribution in [0.4, 0.5) is 0 Å². The summed E-state index contributed by atoms with van der Waals surface area (Å²) in [6.07, 6.45) is 7.90. The van der Waals surface area contributed by atoms with Crippen LogP contribution in [0.2, 0.25) is 25.2 Å². The van der Waals surface area contributed by atoms with Crippen molar-refractivity contribution in [3.8, 4) is 0 Å². The molecular formula is C14H22O2Si. The number of esters is 1. The van der Waals surface area contributed by atoms with E-state index < -0.39 is 8.07 Å². The Bertz CT molecular complexity index is 394. The third kappa shape index (κ3) is 1.62. The van der Waals surface area contributed by atoms with Crippen LogP contribution in [-0.4, -0.2) is 19.6 Å². The first kappa shape index (κ1) is 11.5. The molecule has 2 nitrogen and oxygen atoms in total. The molecule has 0 N–H and O–H groups in total. The Morgan fingerprint density at radius 2 is 2.12 bits per heavy atom. The van der Waals surface area contributed by atoms with Gasteiger partial charge in [-0.15, -0.1) is 0 Å². The van der Waals surface area contributed by atoms with Crippen molar-refractivity contribution in [2.24, 2.45) is 5.92 Å². The zero-order valence-corrected chi connectivity index (χ0v) is 12.1. The lowest BCUT2D eigenvalue weighted by atomic mass is 9.92. The van der Waals surface area contributed by atoms with E-state index in [4.69, 9.17) is 4.74 Å². The number of carbonyl (C=O) groups is 1. The number of hydrogen-bond donors (Lipinski definition) is 0. The maximum Gasteiger partial charge on any atom is 0.331 e. The predicted molar refractivity (Wildman–Crippen MR) is 70.6 cm³/mol. The van der Waals surface area contributed by atoms with Gasteiger partial charge in [-0.1, -0.05) is 26.1 Å². The minimum atomic E-state index is -1.25. The van der Waals surface area contributed by atoms with Crippen LogP contribution in [0.5, 0.6) is 0 Å². The third-order valence-electron chi connectivity index (χ3n) is 4.83. The van der Waals surface area contributed by atoms with Gasteiger partial charge in [-0.2, -0.15) is 0 Å². The first-order chi connectivity index (χ1) is 7.92. The molecule has 1 heterocycles. The molecule has 2 bridgehead atoms. The third-order valence-corrected chi connectivity index (χ3v) is 7.48. The minimum absolute atomic E-state index is 0.0800. The van der Waals surface area contributed by atoms with Gasteiger partial charge in [-0.05, 0) is 42.7 Å². The van der Waals surface area contributed by atoms with Gasteiger partial charge in [-0.25, -0.2) is 4.79 Å². The highest BCUT2D eigenvalue weighted by atomic mass is 28.3. The van der Waals surface area contributed by atoms with E-state index in [9.17, 15) is 4.79 Å². The molecule has 3 rings (SSSR count). The molecule has 0 aromatic carbocycles. The largest absolute Gasteiger partial charge is 0.451 e. The van der Waals surface area contributed by atoms with E-state index in [1.165, 1.54) is 24.8 Å². The average Bonchev–Trinajstić information content (AvgIpc) is 2.51. The summed E-state index contributed by atoms with van der Waals surface area (Å²) in [7, 11) is -1.25.